The Morgan fingerprint density at radius 1 is 0.929 bits per heavy atom. The number of hydrogen-bond donors (Lipinski definition) is 7. The van der Waals surface area contributed by atoms with E-state index in [1.807, 2.05) is 0 Å². The first kappa shape index (κ1) is 25.3. The summed E-state index contributed by atoms with van der Waals surface area (Å²) >= 11 is 0. The Bertz CT molecular complexity index is 582. The van der Waals surface area contributed by atoms with Gasteiger partial charge in [-0.1, -0.05) is 13.8 Å². The number of aliphatic hydroxyl groups excluding tert-OH is 1. The molecule has 0 saturated carbocycles. The summed E-state index contributed by atoms with van der Waals surface area (Å²) in [5.74, 6) is -4.42. The van der Waals surface area contributed by atoms with E-state index in [2.05, 4.69) is 16.0 Å². The zero-order valence-electron chi connectivity index (χ0n) is 15.9. The molecule has 0 aromatic heterocycles. The van der Waals surface area contributed by atoms with E-state index in [4.69, 9.17) is 11.5 Å². The summed E-state index contributed by atoms with van der Waals surface area (Å²) < 4.78 is 0. The average molecular weight is 403 g/mol. The second-order valence-electron chi connectivity index (χ2n) is 6.60. The first-order valence-corrected chi connectivity index (χ1v) is 8.73. The molecular formula is C16H29N5O7. The Morgan fingerprint density at radius 3 is 1.89 bits per heavy atom. The Balaban J connectivity index is 5.25. The fourth-order valence-electron chi connectivity index (χ4n) is 2.24. The van der Waals surface area contributed by atoms with E-state index in [0.717, 1.165) is 0 Å². The summed E-state index contributed by atoms with van der Waals surface area (Å²) in [7, 11) is 0. The van der Waals surface area contributed by atoms with Crippen molar-refractivity contribution in [3.8, 4) is 0 Å². The smallest absolute Gasteiger partial charge is 0.326 e. The average Bonchev–Trinajstić information content (AvgIpc) is 2.61. The van der Waals surface area contributed by atoms with Gasteiger partial charge in [0, 0.05) is 6.42 Å². The zero-order valence-corrected chi connectivity index (χ0v) is 15.9. The Kier molecular flexibility index (Phi) is 11.4. The van der Waals surface area contributed by atoms with Crippen LogP contribution in [0.4, 0.5) is 0 Å². The molecule has 0 fully saturated rings. The normalized spacial score (nSPS) is 13.9. The molecule has 0 rings (SSSR count). The predicted octanol–water partition coefficient (Wildman–Crippen LogP) is -3.21. The molecule has 9 N–H and O–H groups in total. The minimum atomic E-state index is -1.37. The summed E-state index contributed by atoms with van der Waals surface area (Å²) in [6.45, 7) is 2.39. The van der Waals surface area contributed by atoms with Gasteiger partial charge in [-0.15, -0.1) is 0 Å². The summed E-state index contributed by atoms with van der Waals surface area (Å²) in [4.78, 5) is 58.4. The van der Waals surface area contributed by atoms with Crippen LogP contribution in [0.2, 0.25) is 0 Å². The number of nitrogens with two attached hydrogens (primary N) is 2. The number of nitrogens with one attached hydrogen (secondary N) is 3. The molecule has 12 heteroatoms. The third-order valence-corrected chi connectivity index (χ3v) is 3.65. The minimum Gasteiger partial charge on any atom is -0.480 e. The Hall–Kier alpha value is -2.73. The molecule has 3 unspecified atom stereocenters. The lowest BCUT2D eigenvalue weighted by Crippen LogP contribution is -2.57. The van der Waals surface area contributed by atoms with Crippen molar-refractivity contribution >= 4 is 29.6 Å². The molecule has 0 radical (unpaired) electrons. The lowest BCUT2D eigenvalue weighted by Gasteiger charge is -2.24. The first-order chi connectivity index (χ1) is 13.0. The highest BCUT2D eigenvalue weighted by molar-refractivity contribution is 5.93. The number of carbonyl (C=O) groups excluding carboxylic acids is 4. The van der Waals surface area contributed by atoms with Gasteiger partial charge in [0.05, 0.1) is 13.2 Å². The SMILES string of the molecule is CC(C)CC(NC(=O)C(CCC(N)=O)NC(=O)C(CO)NC(=O)CN)C(=O)O. The third kappa shape index (κ3) is 9.83. The minimum absolute atomic E-state index is 0.0229. The van der Waals surface area contributed by atoms with Crippen LogP contribution in [0, 0.1) is 5.92 Å². The molecule has 4 amide bonds. The first-order valence-electron chi connectivity index (χ1n) is 8.73. The van der Waals surface area contributed by atoms with Gasteiger partial charge in [-0.2, -0.15) is 0 Å². The highest BCUT2D eigenvalue weighted by atomic mass is 16.4. The number of aliphatic hydroxyl groups is 1. The van der Waals surface area contributed by atoms with Gasteiger partial charge in [-0.25, -0.2) is 4.79 Å². The molecule has 3 atom stereocenters. The van der Waals surface area contributed by atoms with Gasteiger partial charge in [0.1, 0.15) is 18.1 Å². The zero-order chi connectivity index (χ0) is 21.9. The lowest BCUT2D eigenvalue weighted by atomic mass is 10.0. The van der Waals surface area contributed by atoms with Crippen molar-refractivity contribution in [3.63, 3.8) is 0 Å². The van der Waals surface area contributed by atoms with Crippen molar-refractivity contribution in [3.05, 3.63) is 0 Å². The van der Waals surface area contributed by atoms with Crippen LogP contribution in [0.1, 0.15) is 33.1 Å². The maximum Gasteiger partial charge on any atom is 0.326 e. The van der Waals surface area contributed by atoms with Crippen LogP contribution in [-0.4, -0.2) is 71.1 Å². The molecule has 0 bridgehead atoms. The van der Waals surface area contributed by atoms with E-state index in [1.165, 1.54) is 0 Å². The molecular weight excluding hydrogens is 374 g/mol. The fraction of sp³-hybridized carbons (Fsp3) is 0.688. The molecule has 0 saturated heterocycles. The van der Waals surface area contributed by atoms with E-state index < -0.39 is 60.9 Å². The third-order valence-electron chi connectivity index (χ3n) is 3.65. The van der Waals surface area contributed by atoms with E-state index in [-0.39, 0.29) is 25.2 Å². The van der Waals surface area contributed by atoms with Gasteiger partial charge in [-0.3, -0.25) is 19.2 Å². The number of carboxylic acids is 1. The lowest BCUT2D eigenvalue weighted by molar-refractivity contribution is -0.143. The van der Waals surface area contributed by atoms with Crippen LogP contribution < -0.4 is 27.4 Å². The second-order valence-corrected chi connectivity index (χ2v) is 6.60. The van der Waals surface area contributed by atoms with Gasteiger partial charge in [0.15, 0.2) is 0 Å². The molecule has 0 heterocycles. The molecule has 0 aromatic rings. The van der Waals surface area contributed by atoms with Gasteiger partial charge in [0.25, 0.3) is 0 Å². The van der Waals surface area contributed by atoms with Gasteiger partial charge in [0.2, 0.25) is 23.6 Å². The van der Waals surface area contributed by atoms with Crippen molar-refractivity contribution in [1.29, 1.82) is 0 Å². The number of carboxylic acid groups (broad SMARTS) is 1. The Morgan fingerprint density at radius 2 is 1.46 bits per heavy atom. The van der Waals surface area contributed by atoms with Gasteiger partial charge >= 0.3 is 5.97 Å². The van der Waals surface area contributed by atoms with Crippen LogP contribution in [0.15, 0.2) is 0 Å². The van der Waals surface area contributed by atoms with Crippen molar-refractivity contribution in [1.82, 2.24) is 16.0 Å². The summed E-state index contributed by atoms with van der Waals surface area (Å²) in [5.41, 5.74) is 10.2. The molecule has 0 aromatic carbocycles. The van der Waals surface area contributed by atoms with Crippen LogP contribution in [0.5, 0.6) is 0 Å². The van der Waals surface area contributed by atoms with Crippen LogP contribution in [0.25, 0.3) is 0 Å². The summed E-state index contributed by atoms with van der Waals surface area (Å²) in [6.07, 6.45) is -0.285. The predicted molar refractivity (Wildman–Crippen MR) is 97.5 cm³/mol. The van der Waals surface area contributed by atoms with Crippen LogP contribution in [-0.2, 0) is 24.0 Å². The van der Waals surface area contributed by atoms with Crippen molar-refractivity contribution in [2.24, 2.45) is 17.4 Å². The number of carbonyl (C=O) groups is 5. The maximum atomic E-state index is 12.5. The van der Waals surface area contributed by atoms with Crippen LogP contribution in [0.3, 0.4) is 0 Å². The van der Waals surface area contributed by atoms with Crippen LogP contribution >= 0.6 is 0 Å². The highest BCUT2D eigenvalue weighted by Gasteiger charge is 2.29. The molecule has 12 nitrogen and oxygen atoms in total. The molecule has 160 valence electrons. The summed E-state index contributed by atoms with van der Waals surface area (Å²) in [5, 5.41) is 25.3. The fourth-order valence-corrected chi connectivity index (χ4v) is 2.24. The molecule has 28 heavy (non-hydrogen) atoms. The topological polar surface area (TPSA) is 214 Å². The number of primary amides is 1. The number of amides is 4. The van der Waals surface area contributed by atoms with Crippen molar-refractivity contribution < 1.29 is 34.2 Å². The van der Waals surface area contributed by atoms with Crippen molar-refractivity contribution in [2.45, 2.75) is 51.2 Å². The number of hydrogen-bond acceptors (Lipinski definition) is 7. The summed E-state index contributed by atoms with van der Waals surface area (Å²) in [6, 6.07) is -3.85. The number of rotatable bonds is 13. The van der Waals surface area contributed by atoms with E-state index >= 15 is 0 Å². The monoisotopic (exact) mass is 403 g/mol. The van der Waals surface area contributed by atoms with Gasteiger partial charge < -0.3 is 37.6 Å². The molecule has 0 aliphatic rings. The van der Waals surface area contributed by atoms with Crippen molar-refractivity contribution in [2.75, 3.05) is 13.2 Å². The maximum absolute atomic E-state index is 12.5. The molecule has 0 aliphatic carbocycles. The largest absolute Gasteiger partial charge is 0.480 e. The molecule has 0 aliphatic heterocycles. The van der Waals surface area contributed by atoms with E-state index in [1.54, 1.807) is 13.8 Å². The quantitative estimate of drug-likeness (QED) is 0.166. The standard InChI is InChI=1S/C16H29N5O7/c1-8(2)5-10(16(27)28)21-14(25)9(3-4-12(18)23)20-15(26)11(7-22)19-13(24)6-17/h8-11,22H,3-7,17H2,1-2H3,(H2,18,23)(H,19,24)(H,20,26)(H,21,25)(H,27,28). The number of aliphatic carboxylic acids is 1. The highest BCUT2D eigenvalue weighted by Crippen LogP contribution is 2.07. The van der Waals surface area contributed by atoms with E-state index in [0.29, 0.717) is 0 Å². The van der Waals surface area contributed by atoms with E-state index in [9.17, 15) is 34.2 Å². The Labute approximate surface area is 162 Å². The molecule has 0 spiro atoms. The second kappa shape index (κ2) is 12.6. The van der Waals surface area contributed by atoms with Gasteiger partial charge in [-0.05, 0) is 18.8 Å².